The minimum absolute atomic E-state index is 0.234. The number of benzene rings is 1. The predicted octanol–water partition coefficient (Wildman–Crippen LogP) is 4.54. The van der Waals surface area contributed by atoms with E-state index in [9.17, 15) is 9.59 Å². The molecule has 2 heterocycles. The van der Waals surface area contributed by atoms with Crippen LogP contribution in [-0.4, -0.2) is 22.9 Å². The molecule has 0 radical (unpaired) electrons. The maximum absolute atomic E-state index is 12.6. The average Bonchev–Trinajstić information content (AvgIpc) is 3.34. The largest absolute Gasteiger partial charge is 0.467 e. The lowest BCUT2D eigenvalue weighted by molar-refractivity contribution is 0.0475. The molecule has 0 bridgehead atoms. The Labute approximate surface area is 169 Å². The van der Waals surface area contributed by atoms with E-state index in [0.717, 1.165) is 17.1 Å². The molecule has 0 saturated heterocycles. The van der Waals surface area contributed by atoms with Gasteiger partial charge in [0, 0.05) is 29.2 Å². The second-order valence-corrected chi connectivity index (χ2v) is 6.66. The number of anilines is 1. The third-order valence-corrected chi connectivity index (χ3v) is 4.70. The molecule has 2 aromatic heterocycles. The van der Waals surface area contributed by atoms with Gasteiger partial charge in [-0.2, -0.15) is 0 Å². The van der Waals surface area contributed by atoms with Crippen LogP contribution in [0, 0.1) is 13.8 Å². The lowest BCUT2D eigenvalue weighted by atomic mass is 10.1. The standard InChI is InChI=1S/C23H24N2O4/c1-4-11-25-16(2)13-20(17(25)3)22(26)15-29-23(27)19-9-5-6-10-21(19)24-14-18-8-7-12-28-18/h4-10,12-13,24H,1,11,14-15H2,2-3H3. The lowest BCUT2D eigenvalue weighted by Crippen LogP contribution is -2.16. The van der Waals surface area contributed by atoms with Crippen LogP contribution in [0.15, 0.2) is 65.8 Å². The zero-order valence-corrected chi connectivity index (χ0v) is 16.6. The molecule has 3 aromatic rings. The number of ketones is 1. The molecule has 6 heteroatoms. The van der Waals surface area contributed by atoms with Crippen molar-refractivity contribution in [3.8, 4) is 0 Å². The molecule has 0 atom stereocenters. The second-order valence-electron chi connectivity index (χ2n) is 6.66. The summed E-state index contributed by atoms with van der Waals surface area (Å²) >= 11 is 0. The van der Waals surface area contributed by atoms with Crippen LogP contribution in [-0.2, 0) is 17.8 Å². The first-order chi connectivity index (χ1) is 14.0. The normalized spacial score (nSPS) is 10.6. The van der Waals surface area contributed by atoms with Crippen LogP contribution in [0.1, 0.15) is 37.9 Å². The number of nitrogens with zero attached hydrogens (tertiary/aromatic N) is 1. The van der Waals surface area contributed by atoms with Gasteiger partial charge in [-0.25, -0.2) is 4.79 Å². The Bertz CT molecular complexity index is 1020. The van der Waals surface area contributed by atoms with Crippen molar-refractivity contribution in [1.29, 1.82) is 0 Å². The summed E-state index contributed by atoms with van der Waals surface area (Å²) in [6.07, 6.45) is 3.37. The molecule has 0 fully saturated rings. The number of aryl methyl sites for hydroxylation is 1. The SMILES string of the molecule is C=CCn1c(C)cc(C(=O)COC(=O)c2ccccc2NCc2ccco2)c1C. The molecular formula is C23H24N2O4. The van der Waals surface area contributed by atoms with Crippen molar-refractivity contribution in [2.75, 3.05) is 11.9 Å². The molecule has 29 heavy (non-hydrogen) atoms. The molecule has 0 saturated carbocycles. The summed E-state index contributed by atoms with van der Waals surface area (Å²) in [7, 11) is 0. The monoisotopic (exact) mass is 392 g/mol. The Hall–Kier alpha value is -3.54. The molecule has 1 aromatic carbocycles. The van der Waals surface area contributed by atoms with E-state index in [2.05, 4.69) is 11.9 Å². The van der Waals surface area contributed by atoms with Gasteiger partial charge in [-0.15, -0.1) is 6.58 Å². The molecule has 1 N–H and O–H groups in total. The molecule has 0 aliphatic heterocycles. The lowest BCUT2D eigenvalue weighted by Gasteiger charge is -2.11. The van der Waals surface area contributed by atoms with Gasteiger partial charge in [-0.1, -0.05) is 18.2 Å². The number of aromatic nitrogens is 1. The van der Waals surface area contributed by atoms with Gasteiger partial charge in [0.1, 0.15) is 5.76 Å². The van der Waals surface area contributed by atoms with Gasteiger partial charge in [0.2, 0.25) is 5.78 Å². The highest BCUT2D eigenvalue weighted by molar-refractivity contribution is 6.01. The van der Waals surface area contributed by atoms with E-state index in [4.69, 9.17) is 9.15 Å². The highest BCUT2D eigenvalue weighted by Gasteiger charge is 2.19. The summed E-state index contributed by atoms with van der Waals surface area (Å²) in [5, 5.41) is 3.16. The van der Waals surface area contributed by atoms with Crippen LogP contribution in [0.2, 0.25) is 0 Å². The fraction of sp³-hybridized carbons (Fsp3) is 0.217. The number of nitrogens with one attached hydrogen (secondary N) is 1. The molecule has 0 unspecified atom stereocenters. The van der Waals surface area contributed by atoms with Crippen LogP contribution in [0.3, 0.4) is 0 Å². The van der Waals surface area contributed by atoms with Crippen LogP contribution >= 0.6 is 0 Å². The minimum atomic E-state index is -0.555. The summed E-state index contributed by atoms with van der Waals surface area (Å²) < 4.78 is 12.6. The van der Waals surface area contributed by atoms with Crippen LogP contribution in [0.4, 0.5) is 5.69 Å². The Morgan fingerprint density at radius 2 is 1.97 bits per heavy atom. The van der Waals surface area contributed by atoms with Gasteiger partial charge >= 0.3 is 5.97 Å². The molecule has 0 aliphatic carbocycles. The number of carbonyl (C=O) groups excluding carboxylic acids is 2. The number of rotatable bonds is 9. The average molecular weight is 392 g/mol. The van der Waals surface area contributed by atoms with Crippen molar-refractivity contribution >= 4 is 17.4 Å². The fourth-order valence-corrected chi connectivity index (χ4v) is 3.19. The smallest absolute Gasteiger partial charge is 0.340 e. The number of Topliss-reactive ketones (excluding diaryl/α,β-unsaturated/α-hetero) is 1. The second kappa shape index (κ2) is 9.10. The zero-order chi connectivity index (χ0) is 20.8. The van der Waals surface area contributed by atoms with Crippen molar-refractivity contribution in [3.63, 3.8) is 0 Å². The minimum Gasteiger partial charge on any atom is -0.467 e. The third kappa shape index (κ3) is 4.66. The summed E-state index contributed by atoms with van der Waals surface area (Å²) in [6, 6.07) is 12.5. The van der Waals surface area contributed by atoms with Crippen molar-refractivity contribution in [2.24, 2.45) is 0 Å². The number of carbonyl (C=O) groups is 2. The van der Waals surface area contributed by atoms with Crippen molar-refractivity contribution < 1.29 is 18.7 Å². The fourth-order valence-electron chi connectivity index (χ4n) is 3.19. The summed E-state index contributed by atoms with van der Waals surface area (Å²) in [4.78, 5) is 25.2. The van der Waals surface area contributed by atoms with Gasteiger partial charge in [0.25, 0.3) is 0 Å². The number of para-hydroxylation sites is 1. The highest BCUT2D eigenvalue weighted by atomic mass is 16.5. The maximum Gasteiger partial charge on any atom is 0.340 e. The molecule has 6 nitrogen and oxygen atoms in total. The van der Waals surface area contributed by atoms with E-state index >= 15 is 0 Å². The summed E-state index contributed by atoms with van der Waals surface area (Å²) in [5.74, 6) is -0.0400. The summed E-state index contributed by atoms with van der Waals surface area (Å²) in [5.41, 5.74) is 3.34. The van der Waals surface area contributed by atoms with Crippen molar-refractivity contribution in [3.05, 3.63) is 89.7 Å². The predicted molar refractivity (Wildman–Crippen MR) is 111 cm³/mol. The van der Waals surface area contributed by atoms with Gasteiger partial charge in [0.15, 0.2) is 6.61 Å². The van der Waals surface area contributed by atoms with E-state index in [1.54, 1.807) is 36.6 Å². The van der Waals surface area contributed by atoms with Crippen LogP contribution < -0.4 is 5.32 Å². The molecule has 0 aliphatic rings. The zero-order valence-electron chi connectivity index (χ0n) is 16.6. The number of hydrogen-bond acceptors (Lipinski definition) is 5. The molecule has 0 spiro atoms. The first-order valence-corrected chi connectivity index (χ1v) is 9.34. The van der Waals surface area contributed by atoms with E-state index in [0.29, 0.717) is 29.9 Å². The Morgan fingerprint density at radius 1 is 1.17 bits per heavy atom. The van der Waals surface area contributed by atoms with Gasteiger partial charge < -0.3 is 19.0 Å². The molecule has 150 valence electrons. The van der Waals surface area contributed by atoms with Crippen molar-refractivity contribution in [2.45, 2.75) is 26.9 Å². The van der Waals surface area contributed by atoms with E-state index in [1.807, 2.05) is 36.6 Å². The van der Waals surface area contributed by atoms with Crippen LogP contribution in [0.25, 0.3) is 0 Å². The Morgan fingerprint density at radius 3 is 2.69 bits per heavy atom. The Kier molecular flexibility index (Phi) is 6.34. The molecule has 0 amide bonds. The number of ether oxygens (including phenoxy) is 1. The highest BCUT2D eigenvalue weighted by Crippen LogP contribution is 2.19. The van der Waals surface area contributed by atoms with Crippen molar-refractivity contribution in [1.82, 2.24) is 4.57 Å². The van der Waals surface area contributed by atoms with Gasteiger partial charge in [-0.05, 0) is 44.2 Å². The third-order valence-electron chi connectivity index (χ3n) is 4.70. The number of furan rings is 1. The maximum atomic E-state index is 12.6. The van der Waals surface area contributed by atoms with Gasteiger partial charge in [0.05, 0.1) is 18.4 Å². The quantitative estimate of drug-likeness (QED) is 0.329. The molecular weight excluding hydrogens is 368 g/mol. The number of esters is 1. The summed E-state index contributed by atoms with van der Waals surface area (Å²) in [6.45, 7) is 8.29. The van der Waals surface area contributed by atoms with Crippen LogP contribution in [0.5, 0.6) is 0 Å². The van der Waals surface area contributed by atoms with E-state index in [1.165, 1.54) is 0 Å². The Balaban J connectivity index is 1.66. The number of allylic oxidation sites excluding steroid dienone is 1. The first kappa shape index (κ1) is 20.2. The van der Waals surface area contributed by atoms with E-state index in [-0.39, 0.29) is 12.4 Å². The first-order valence-electron chi connectivity index (χ1n) is 9.34. The van der Waals surface area contributed by atoms with Gasteiger partial charge in [-0.3, -0.25) is 4.79 Å². The van der Waals surface area contributed by atoms with E-state index < -0.39 is 5.97 Å². The molecule has 3 rings (SSSR count). The topological polar surface area (TPSA) is 73.5 Å². The number of hydrogen-bond donors (Lipinski definition) is 1.